The van der Waals surface area contributed by atoms with Gasteiger partial charge in [-0.05, 0) is 25.3 Å². The Morgan fingerprint density at radius 1 is 1.24 bits per heavy atom. The lowest BCUT2D eigenvalue weighted by molar-refractivity contribution is 0.253. The summed E-state index contributed by atoms with van der Waals surface area (Å²) in [6.45, 7) is 5.53. The highest BCUT2D eigenvalue weighted by Crippen LogP contribution is 2.43. The Bertz CT molecular complexity index is 635. The van der Waals surface area contributed by atoms with Crippen molar-refractivity contribution in [2.45, 2.75) is 38.1 Å². The smallest absolute Gasteiger partial charge is 0.191 e. The standard InChI is InChI=1S/C19H27N5.HI/c1-2-21-18(22-12-14-24-13-11-20-16-24)23-15-19(9-6-10-19)17-7-4-3-5-8-17;/h3-5,7-8,11,13,16H,2,6,9-10,12,14-15H2,1H3,(H2,21,22,23);1H. The highest BCUT2D eigenvalue weighted by atomic mass is 127. The fraction of sp³-hybridized carbons (Fsp3) is 0.474. The van der Waals surface area contributed by atoms with Crippen LogP contribution in [0.3, 0.4) is 0 Å². The van der Waals surface area contributed by atoms with Crippen LogP contribution in [0.15, 0.2) is 54.0 Å². The summed E-state index contributed by atoms with van der Waals surface area (Å²) in [6.07, 6.45) is 9.38. The van der Waals surface area contributed by atoms with E-state index in [0.29, 0.717) is 0 Å². The van der Waals surface area contributed by atoms with Crippen molar-refractivity contribution in [3.63, 3.8) is 0 Å². The van der Waals surface area contributed by atoms with Crippen LogP contribution in [0.1, 0.15) is 31.7 Å². The molecule has 0 bridgehead atoms. The molecule has 0 radical (unpaired) electrons. The molecule has 0 spiro atoms. The number of aliphatic imine (C=N–C) groups is 1. The van der Waals surface area contributed by atoms with Gasteiger partial charge in [0.2, 0.25) is 0 Å². The summed E-state index contributed by atoms with van der Waals surface area (Å²) in [5.74, 6) is 0.903. The van der Waals surface area contributed by atoms with Gasteiger partial charge in [0.25, 0.3) is 0 Å². The maximum absolute atomic E-state index is 4.87. The van der Waals surface area contributed by atoms with Crippen molar-refractivity contribution < 1.29 is 0 Å². The Hall–Kier alpha value is -1.57. The van der Waals surface area contributed by atoms with E-state index in [9.17, 15) is 0 Å². The third-order valence-electron chi connectivity index (χ3n) is 4.80. The highest BCUT2D eigenvalue weighted by Gasteiger charge is 2.38. The molecule has 1 aromatic heterocycles. The molecular formula is C19H28IN5. The molecule has 0 aliphatic heterocycles. The van der Waals surface area contributed by atoms with Crippen LogP contribution in [0, 0.1) is 0 Å². The van der Waals surface area contributed by atoms with Crippen molar-refractivity contribution in [3.05, 3.63) is 54.6 Å². The van der Waals surface area contributed by atoms with Gasteiger partial charge in [0.1, 0.15) is 0 Å². The molecule has 1 aliphatic rings. The zero-order valence-corrected chi connectivity index (χ0v) is 17.1. The molecule has 1 fully saturated rings. The van der Waals surface area contributed by atoms with E-state index < -0.39 is 0 Å². The molecular weight excluding hydrogens is 425 g/mol. The summed E-state index contributed by atoms with van der Waals surface area (Å²) in [4.78, 5) is 8.94. The average molecular weight is 453 g/mol. The van der Waals surface area contributed by atoms with Crippen LogP contribution in [0.4, 0.5) is 0 Å². The van der Waals surface area contributed by atoms with Crippen LogP contribution < -0.4 is 10.6 Å². The van der Waals surface area contributed by atoms with E-state index in [1.54, 1.807) is 6.20 Å². The van der Waals surface area contributed by atoms with E-state index in [4.69, 9.17) is 4.99 Å². The number of hydrogen-bond donors (Lipinski definition) is 2. The minimum Gasteiger partial charge on any atom is -0.357 e. The first-order chi connectivity index (χ1) is 11.8. The highest BCUT2D eigenvalue weighted by molar-refractivity contribution is 14.0. The second-order valence-electron chi connectivity index (χ2n) is 6.42. The molecule has 3 rings (SSSR count). The lowest BCUT2D eigenvalue weighted by Crippen LogP contribution is -2.42. The molecule has 0 amide bonds. The van der Waals surface area contributed by atoms with Crippen molar-refractivity contribution in [1.82, 2.24) is 20.2 Å². The summed E-state index contributed by atoms with van der Waals surface area (Å²) in [5.41, 5.74) is 1.66. The molecule has 1 aromatic carbocycles. The zero-order chi connectivity index (χ0) is 16.7. The third kappa shape index (κ3) is 5.20. The Morgan fingerprint density at radius 3 is 2.64 bits per heavy atom. The number of nitrogens with zero attached hydrogens (tertiary/aromatic N) is 3. The molecule has 0 saturated heterocycles. The Labute approximate surface area is 167 Å². The minimum absolute atomic E-state index is 0. The van der Waals surface area contributed by atoms with E-state index in [0.717, 1.165) is 32.1 Å². The Kier molecular flexibility index (Phi) is 7.74. The second kappa shape index (κ2) is 9.79. The van der Waals surface area contributed by atoms with Crippen molar-refractivity contribution in [2.24, 2.45) is 4.99 Å². The molecule has 0 atom stereocenters. The first-order valence-corrected chi connectivity index (χ1v) is 8.86. The van der Waals surface area contributed by atoms with Gasteiger partial charge in [-0.3, -0.25) is 4.99 Å². The molecule has 1 aliphatic carbocycles. The summed E-state index contributed by atoms with van der Waals surface area (Å²) in [7, 11) is 0. The van der Waals surface area contributed by atoms with Crippen LogP contribution in [0.5, 0.6) is 0 Å². The number of rotatable bonds is 7. The first-order valence-electron chi connectivity index (χ1n) is 8.86. The van der Waals surface area contributed by atoms with Gasteiger partial charge in [-0.25, -0.2) is 4.98 Å². The van der Waals surface area contributed by atoms with Crippen molar-refractivity contribution >= 4 is 29.9 Å². The van der Waals surface area contributed by atoms with Crippen LogP contribution >= 0.6 is 24.0 Å². The molecule has 136 valence electrons. The summed E-state index contributed by atoms with van der Waals surface area (Å²) < 4.78 is 2.06. The van der Waals surface area contributed by atoms with E-state index in [1.165, 1.54) is 24.8 Å². The molecule has 6 heteroatoms. The largest absolute Gasteiger partial charge is 0.357 e. The number of nitrogens with one attached hydrogen (secondary N) is 2. The second-order valence-corrected chi connectivity index (χ2v) is 6.42. The monoisotopic (exact) mass is 453 g/mol. The lowest BCUT2D eigenvalue weighted by atomic mass is 9.64. The Balaban J connectivity index is 0.00000225. The minimum atomic E-state index is 0. The predicted molar refractivity (Wildman–Crippen MR) is 114 cm³/mol. The van der Waals surface area contributed by atoms with E-state index in [2.05, 4.69) is 57.4 Å². The molecule has 2 aromatic rings. The van der Waals surface area contributed by atoms with Crippen LogP contribution in [-0.2, 0) is 12.0 Å². The average Bonchev–Trinajstić information content (AvgIpc) is 3.08. The zero-order valence-electron chi connectivity index (χ0n) is 14.8. The van der Waals surface area contributed by atoms with Crippen molar-refractivity contribution in [2.75, 3.05) is 19.6 Å². The number of hydrogen-bond acceptors (Lipinski definition) is 2. The predicted octanol–water partition coefficient (Wildman–Crippen LogP) is 3.18. The van der Waals surface area contributed by atoms with E-state index >= 15 is 0 Å². The molecule has 1 saturated carbocycles. The van der Waals surface area contributed by atoms with Crippen molar-refractivity contribution in [3.8, 4) is 0 Å². The van der Waals surface area contributed by atoms with Gasteiger partial charge in [0, 0.05) is 37.4 Å². The molecule has 1 heterocycles. The summed E-state index contributed by atoms with van der Waals surface area (Å²) >= 11 is 0. The maximum atomic E-state index is 4.87. The van der Waals surface area contributed by atoms with Gasteiger partial charge in [0.05, 0.1) is 12.9 Å². The molecule has 5 nitrogen and oxygen atoms in total. The van der Waals surface area contributed by atoms with Gasteiger partial charge in [-0.2, -0.15) is 0 Å². The van der Waals surface area contributed by atoms with Crippen molar-refractivity contribution in [1.29, 1.82) is 0 Å². The van der Waals surface area contributed by atoms with Crippen LogP contribution in [0.25, 0.3) is 0 Å². The van der Waals surface area contributed by atoms with E-state index in [-0.39, 0.29) is 29.4 Å². The number of aromatic nitrogens is 2. The van der Waals surface area contributed by atoms with Crippen LogP contribution in [0.2, 0.25) is 0 Å². The SMILES string of the molecule is CCNC(=NCC1(c2ccccc2)CCC1)NCCn1ccnc1.I. The molecule has 0 unspecified atom stereocenters. The Morgan fingerprint density at radius 2 is 2.04 bits per heavy atom. The van der Waals surface area contributed by atoms with Gasteiger partial charge in [-0.15, -0.1) is 24.0 Å². The molecule has 2 N–H and O–H groups in total. The summed E-state index contributed by atoms with van der Waals surface area (Å²) in [5, 5.41) is 6.77. The molecule has 25 heavy (non-hydrogen) atoms. The van der Waals surface area contributed by atoms with E-state index in [1.807, 2.05) is 12.5 Å². The topological polar surface area (TPSA) is 54.2 Å². The third-order valence-corrected chi connectivity index (χ3v) is 4.80. The fourth-order valence-corrected chi connectivity index (χ4v) is 3.23. The number of guanidine groups is 1. The van der Waals surface area contributed by atoms with Gasteiger partial charge in [-0.1, -0.05) is 36.8 Å². The number of halogens is 1. The lowest BCUT2D eigenvalue weighted by Gasteiger charge is -2.41. The van der Waals surface area contributed by atoms with Gasteiger partial charge in [0.15, 0.2) is 5.96 Å². The van der Waals surface area contributed by atoms with Gasteiger partial charge >= 0.3 is 0 Å². The van der Waals surface area contributed by atoms with Crippen LogP contribution in [-0.4, -0.2) is 35.1 Å². The quantitative estimate of drug-likeness (QED) is 0.385. The number of benzene rings is 1. The number of imidazole rings is 1. The van der Waals surface area contributed by atoms with Gasteiger partial charge < -0.3 is 15.2 Å². The summed E-state index contributed by atoms with van der Waals surface area (Å²) in [6, 6.07) is 10.8. The maximum Gasteiger partial charge on any atom is 0.191 e. The fourth-order valence-electron chi connectivity index (χ4n) is 3.23. The first kappa shape index (κ1) is 19.8. The normalized spacial score (nSPS) is 15.8.